The van der Waals surface area contributed by atoms with E-state index >= 15 is 0 Å². The second-order valence-electron chi connectivity index (χ2n) is 4.40. The van der Waals surface area contributed by atoms with Gasteiger partial charge in [0.2, 0.25) is 0 Å². The Hall–Kier alpha value is -2.30. The second-order valence-corrected chi connectivity index (χ2v) is 4.40. The molecule has 0 aliphatic heterocycles. The molecule has 1 atom stereocenters. The summed E-state index contributed by atoms with van der Waals surface area (Å²) in [6.45, 7) is 5.57. The van der Waals surface area contributed by atoms with Crippen LogP contribution < -0.4 is 5.32 Å². The van der Waals surface area contributed by atoms with E-state index in [4.69, 9.17) is 9.26 Å². The van der Waals surface area contributed by atoms with E-state index in [1.807, 2.05) is 38.1 Å². The molecule has 2 aromatic rings. The van der Waals surface area contributed by atoms with Crippen LogP contribution in [0, 0.1) is 13.8 Å². The van der Waals surface area contributed by atoms with Crippen molar-refractivity contribution in [2.24, 2.45) is 0 Å². The average Bonchev–Trinajstić information content (AvgIpc) is 2.75. The van der Waals surface area contributed by atoms with Gasteiger partial charge in [0.1, 0.15) is 23.7 Å². The number of benzene rings is 1. The number of nitrogens with one attached hydrogen (secondary N) is 1. The maximum absolute atomic E-state index is 11.7. The summed E-state index contributed by atoms with van der Waals surface area (Å²) >= 11 is 0. The van der Waals surface area contributed by atoms with Crippen molar-refractivity contribution in [1.82, 2.24) is 5.16 Å². The van der Waals surface area contributed by atoms with Crippen molar-refractivity contribution in [2.75, 3.05) is 5.32 Å². The van der Waals surface area contributed by atoms with E-state index in [9.17, 15) is 4.79 Å². The van der Waals surface area contributed by atoms with Crippen molar-refractivity contribution in [3.63, 3.8) is 0 Å². The predicted molar refractivity (Wildman–Crippen MR) is 70.9 cm³/mol. The Morgan fingerprint density at radius 2 is 2.00 bits per heavy atom. The number of nitrogens with zero attached hydrogens (tertiary/aromatic N) is 1. The first-order valence-corrected chi connectivity index (χ1v) is 6.01. The van der Waals surface area contributed by atoms with E-state index < -0.39 is 6.09 Å². The van der Waals surface area contributed by atoms with Gasteiger partial charge in [0.25, 0.3) is 0 Å². The van der Waals surface area contributed by atoms with E-state index in [1.165, 1.54) is 11.8 Å². The van der Waals surface area contributed by atoms with Gasteiger partial charge in [-0.2, -0.15) is 0 Å². The van der Waals surface area contributed by atoms with Gasteiger partial charge in [0, 0.05) is 0 Å². The van der Waals surface area contributed by atoms with E-state index in [1.54, 1.807) is 6.92 Å². The van der Waals surface area contributed by atoms with E-state index in [2.05, 4.69) is 10.5 Å². The molecule has 5 heteroatoms. The molecule has 0 unspecified atom stereocenters. The van der Waals surface area contributed by atoms with Crippen LogP contribution in [0.2, 0.25) is 0 Å². The Labute approximate surface area is 111 Å². The number of carbonyl (C=O) groups is 1. The van der Waals surface area contributed by atoms with Crippen LogP contribution in [-0.4, -0.2) is 11.2 Å². The number of amides is 1. The summed E-state index contributed by atoms with van der Waals surface area (Å²) in [5.41, 5.74) is 3.24. The Morgan fingerprint density at radius 1 is 1.32 bits per heavy atom. The van der Waals surface area contributed by atoms with Crippen LogP contribution in [0.3, 0.4) is 0 Å². The van der Waals surface area contributed by atoms with Crippen LogP contribution in [-0.2, 0) is 4.74 Å². The van der Waals surface area contributed by atoms with Crippen LogP contribution in [0.5, 0.6) is 0 Å². The fourth-order valence-corrected chi connectivity index (χ4v) is 1.62. The van der Waals surface area contributed by atoms with Crippen LogP contribution in [0.15, 0.2) is 35.1 Å². The van der Waals surface area contributed by atoms with Gasteiger partial charge in [0.15, 0.2) is 0 Å². The van der Waals surface area contributed by atoms with Gasteiger partial charge < -0.3 is 9.26 Å². The third kappa shape index (κ3) is 3.34. The van der Waals surface area contributed by atoms with Gasteiger partial charge in [-0.3, -0.25) is 5.32 Å². The van der Waals surface area contributed by atoms with Gasteiger partial charge in [-0.25, -0.2) is 4.79 Å². The largest absolute Gasteiger partial charge is 0.441 e. The highest BCUT2D eigenvalue weighted by Crippen LogP contribution is 2.19. The Morgan fingerprint density at radius 3 is 2.58 bits per heavy atom. The first-order valence-electron chi connectivity index (χ1n) is 6.01. The van der Waals surface area contributed by atoms with Crippen molar-refractivity contribution in [3.8, 4) is 0 Å². The van der Waals surface area contributed by atoms with Crippen molar-refractivity contribution in [3.05, 3.63) is 47.3 Å². The maximum atomic E-state index is 11.7. The first kappa shape index (κ1) is 13.1. The zero-order chi connectivity index (χ0) is 13.8. The molecule has 0 radical (unpaired) electrons. The molecule has 0 saturated heterocycles. The standard InChI is InChI=1S/C14H16N2O3/c1-9-4-6-12(7-5-9)11(3)19-14(17)15-13-8-18-16-10(13)2/h4-8,11H,1-3H3,(H,15,17)/t11-/m1/s1. The van der Waals surface area contributed by atoms with Gasteiger partial charge >= 0.3 is 6.09 Å². The van der Waals surface area contributed by atoms with E-state index in [0.717, 1.165) is 5.56 Å². The summed E-state index contributed by atoms with van der Waals surface area (Å²) in [5, 5.41) is 6.26. The lowest BCUT2D eigenvalue weighted by molar-refractivity contribution is 0.121. The number of ether oxygens (including phenoxy) is 1. The number of hydrogen-bond donors (Lipinski definition) is 1. The zero-order valence-electron chi connectivity index (χ0n) is 11.1. The van der Waals surface area contributed by atoms with Crippen molar-refractivity contribution < 1.29 is 14.1 Å². The molecule has 0 saturated carbocycles. The molecule has 2 rings (SSSR count). The minimum Gasteiger partial charge on any atom is -0.441 e. The van der Waals surface area contributed by atoms with Gasteiger partial charge in [-0.05, 0) is 26.3 Å². The molecule has 19 heavy (non-hydrogen) atoms. The summed E-state index contributed by atoms with van der Waals surface area (Å²) in [7, 11) is 0. The van der Waals surface area contributed by atoms with Crippen molar-refractivity contribution >= 4 is 11.8 Å². The third-order valence-electron chi connectivity index (χ3n) is 2.82. The fraction of sp³-hybridized carbons (Fsp3) is 0.286. The third-order valence-corrected chi connectivity index (χ3v) is 2.82. The average molecular weight is 260 g/mol. The van der Waals surface area contributed by atoms with Crippen LogP contribution in [0.25, 0.3) is 0 Å². The molecular formula is C14H16N2O3. The number of aryl methyl sites for hydroxylation is 2. The molecule has 1 aromatic heterocycles. The Kier molecular flexibility index (Phi) is 3.85. The monoisotopic (exact) mass is 260 g/mol. The molecular weight excluding hydrogens is 244 g/mol. The Bertz CT molecular complexity index is 560. The normalized spacial score (nSPS) is 11.9. The summed E-state index contributed by atoms with van der Waals surface area (Å²) in [4.78, 5) is 11.7. The SMILES string of the molecule is Cc1ccc([C@@H](C)OC(=O)Nc2conc2C)cc1. The molecule has 0 fully saturated rings. The quantitative estimate of drug-likeness (QED) is 0.915. The van der Waals surface area contributed by atoms with Gasteiger partial charge in [-0.1, -0.05) is 35.0 Å². The molecule has 1 N–H and O–H groups in total. The molecule has 1 amide bonds. The summed E-state index contributed by atoms with van der Waals surface area (Å²) in [6.07, 6.45) is 0.521. The molecule has 0 aliphatic rings. The zero-order valence-corrected chi connectivity index (χ0v) is 11.1. The second kappa shape index (κ2) is 5.56. The number of rotatable bonds is 3. The molecule has 1 aromatic carbocycles. The lowest BCUT2D eigenvalue weighted by Gasteiger charge is -2.14. The lowest BCUT2D eigenvalue weighted by Crippen LogP contribution is -2.16. The molecule has 5 nitrogen and oxygen atoms in total. The first-order chi connectivity index (χ1) is 9.06. The highest BCUT2D eigenvalue weighted by Gasteiger charge is 2.13. The fourth-order valence-electron chi connectivity index (χ4n) is 1.62. The van der Waals surface area contributed by atoms with E-state index in [-0.39, 0.29) is 6.10 Å². The summed E-state index contributed by atoms with van der Waals surface area (Å²) < 4.78 is 10.0. The van der Waals surface area contributed by atoms with Crippen LogP contribution in [0.4, 0.5) is 10.5 Å². The molecule has 0 spiro atoms. The summed E-state index contributed by atoms with van der Waals surface area (Å²) in [5.74, 6) is 0. The highest BCUT2D eigenvalue weighted by molar-refractivity contribution is 5.85. The van der Waals surface area contributed by atoms with Crippen LogP contribution >= 0.6 is 0 Å². The number of hydrogen-bond acceptors (Lipinski definition) is 4. The minimum absolute atomic E-state index is 0.319. The molecule has 1 heterocycles. The molecule has 100 valence electrons. The van der Waals surface area contributed by atoms with Crippen molar-refractivity contribution in [1.29, 1.82) is 0 Å². The van der Waals surface area contributed by atoms with Gasteiger partial charge in [-0.15, -0.1) is 0 Å². The molecule has 0 aliphatic carbocycles. The molecule has 0 bridgehead atoms. The number of carbonyl (C=O) groups excluding carboxylic acids is 1. The maximum Gasteiger partial charge on any atom is 0.412 e. The van der Waals surface area contributed by atoms with Gasteiger partial charge in [0.05, 0.1) is 0 Å². The lowest BCUT2D eigenvalue weighted by atomic mass is 10.1. The highest BCUT2D eigenvalue weighted by atomic mass is 16.6. The smallest absolute Gasteiger partial charge is 0.412 e. The summed E-state index contributed by atoms with van der Waals surface area (Å²) in [6, 6.07) is 7.85. The van der Waals surface area contributed by atoms with Crippen molar-refractivity contribution in [2.45, 2.75) is 26.9 Å². The van der Waals surface area contributed by atoms with Crippen LogP contribution in [0.1, 0.15) is 29.8 Å². The predicted octanol–water partition coefficient (Wildman–Crippen LogP) is 3.60. The number of anilines is 1. The Balaban J connectivity index is 1.95. The topological polar surface area (TPSA) is 64.4 Å². The van der Waals surface area contributed by atoms with E-state index in [0.29, 0.717) is 11.4 Å². The number of aromatic nitrogens is 1. The minimum atomic E-state index is -0.528.